The fourth-order valence-electron chi connectivity index (χ4n) is 2.59. The van der Waals surface area contributed by atoms with E-state index in [-0.39, 0.29) is 11.5 Å². The normalized spacial score (nSPS) is 11.2. The zero-order chi connectivity index (χ0) is 21.2. The molecular formula is C22H26O7. The van der Waals surface area contributed by atoms with Gasteiger partial charge in [-0.2, -0.15) is 0 Å². The number of phenols is 2. The van der Waals surface area contributed by atoms with Gasteiger partial charge in [0.2, 0.25) is 11.5 Å². The molecule has 2 aromatic carbocycles. The summed E-state index contributed by atoms with van der Waals surface area (Å²) in [5.41, 5.74) is 1.64. The lowest BCUT2D eigenvalue weighted by molar-refractivity contribution is 0.195. The number of benzene rings is 2. The van der Waals surface area contributed by atoms with E-state index >= 15 is 0 Å². The molecule has 0 saturated carbocycles. The van der Waals surface area contributed by atoms with Gasteiger partial charge in [-0.25, -0.2) is 0 Å². The van der Waals surface area contributed by atoms with Crippen molar-refractivity contribution in [2.24, 2.45) is 0 Å². The van der Waals surface area contributed by atoms with E-state index in [1.807, 2.05) is 24.3 Å². The third-order valence-corrected chi connectivity index (χ3v) is 4.05. The largest absolute Gasteiger partial charge is 0.502 e. The van der Waals surface area contributed by atoms with E-state index in [1.165, 1.54) is 28.4 Å². The van der Waals surface area contributed by atoms with Gasteiger partial charge in [-0.3, -0.25) is 0 Å². The van der Waals surface area contributed by atoms with Crippen LogP contribution in [0.4, 0.5) is 0 Å². The van der Waals surface area contributed by atoms with Crippen LogP contribution in [-0.2, 0) is 4.74 Å². The van der Waals surface area contributed by atoms with Gasteiger partial charge in [0, 0.05) is 0 Å². The number of methoxy groups -OCH3 is 4. The highest BCUT2D eigenvalue weighted by Crippen LogP contribution is 2.38. The summed E-state index contributed by atoms with van der Waals surface area (Å²) in [4.78, 5) is 0. The van der Waals surface area contributed by atoms with E-state index in [9.17, 15) is 10.2 Å². The molecule has 0 fully saturated rings. The molecule has 0 radical (unpaired) electrons. The summed E-state index contributed by atoms with van der Waals surface area (Å²) in [7, 11) is 5.93. The fourth-order valence-corrected chi connectivity index (χ4v) is 2.59. The molecule has 0 aliphatic rings. The molecule has 0 amide bonds. The second-order valence-electron chi connectivity index (χ2n) is 5.89. The molecule has 7 nitrogen and oxygen atoms in total. The van der Waals surface area contributed by atoms with Crippen LogP contribution in [0.1, 0.15) is 11.1 Å². The predicted molar refractivity (Wildman–Crippen MR) is 111 cm³/mol. The van der Waals surface area contributed by atoms with E-state index in [4.69, 9.17) is 23.7 Å². The first-order valence-corrected chi connectivity index (χ1v) is 8.84. The first-order valence-electron chi connectivity index (χ1n) is 8.84. The molecule has 156 valence electrons. The van der Waals surface area contributed by atoms with E-state index in [0.29, 0.717) is 36.2 Å². The lowest BCUT2D eigenvalue weighted by Gasteiger charge is -2.09. The van der Waals surface area contributed by atoms with Crippen LogP contribution in [0.25, 0.3) is 12.2 Å². The molecule has 0 bridgehead atoms. The maximum absolute atomic E-state index is 9.92. The Morgan fingerprint density at radius 3 is 1.21 bits per heavy atom. The number of ether oxygens (including phenoxy) is 5. The average Bonchev–Trinajstić information content (AvgIpc) is 2.74. The summed E-state index contributed by atoms with van der Waals surface area (Å²) in [6.45, 7) is 0.802. The third kappa shape index (κ3) is 5.83. The van der Waals surface area contributed by atoms with E-state index < -0.39 is 0 Å². The molecule has 29 heavy (non-hydrogen) atoms. The molecule has 0 heterocycles. The Bertz CT molecular complexity index is 750. The summed E-state index contributed by atoms with van der Waals surface area (Å²) >= 11 is 0. The maximum atomic E-state index is 9.92. The second-order valence-corrected chi connectivity index (χ2v) is 5.89. The third-order valence-electron chi connectivity index (χ3n) is 4.05. The van der Waals surface area contributed by atoms with Crippen molar-refractivity contribution in [3.63, 3.8) is 0 Å². The van der Waals surface area contributed by atoms with Crippen molar-refractivity contribution in [2.45, 2.75) is 0 Å². The Hall–Kier alpha value is -3.32. The van der Waals surface area contributed by atoms with Crippen LogP contribution in [0.15, 0.2) is 36.4 Å². The van der Waals surface area contributed by atoms with E-state index in [2.05, 4.69) is 0 Å². The molecule has 2 rings (SSSR count). The number of phenolic OH excluding ortho intramolecular Hbond substituents is 2. The van der Waals surface area contributed by atoms with Gasteiger partial charge in [0.1, 0.15) is 0 Å². The maximum Gasteiger partial charge on any atom is 0.200 e. The second kappa shape index (κ2) is 10.9. The molecule has 7 heteroatoms. The summed E-state index contributed by atoms with van der Waals surface area (Å²) in [5.74, 6) is 1.30. The van der Waals surface area contributed by atoms with Crippen molar-refractivity contribution in [3.05, 3.63) is 47.5 Å². The molecular weight excluding hydrogens is 376 g/mol. The van der Waals surface area contributed by atoms with Gasteiger partial charge in [0.15, 0.2) is 23.0 Å². The van der Waals surface area contributed by atoms with E-state index in [0.717, 1.165) is 11.1 Å². The first-order chi connectivity index (χ1) is 14.0. The Kier molecular flexibility index (Phi) is 8.24. The summed E-state index contributed by atoms with van der Waals surface area (Å²) < 4.78 is 26.1. The summed E-state index contributed by atoms with van der Waals surface area (Å²) in [6, 6.07) is 6.83. The van der Waals surface area contributed by atoms with Crippen molar-refractivity contribution >= 4 is 12.2 Å². The minimum absolute atomic E-state index is 0.0315. The van der Waals surface area contributed by atoms with Crippen LogP contribution >= 0.6 is 0 Å². The molecule has 2 aromatic rings. The molecule has 0 aliphatic carbocycles. The van der Waals surface area contributed by atoms with Crippen molar-refractivity contribution in [2.75, 3.05) is 41.7 Å². The Morgan fingerprint density at radius 1 is 0.621 bits per heavy atom. The van der Waals surface area contributed by atoms with Crippen LogP contribution in [0.5, 0.6) is 34.5 Å². The number of rotatable bonds is 10. The van der Waals surface area contributed by atoms with Gasteiger partial charge in [-0.15, -0.1) is 0 Å². The fraction of sp³-hybridized carbons (Fsp3) is 0.273. The van der Waals surface area contributed by atoms with Gasteiger partial charge in [0.05, 0.1) is 41.7 Å². The predicted octanol–water partition coefficient (Wildman–Crippen LogP) is 3.88. The van der Waals surface area contributed by atoms with Crippen LogP contribution in [-0.4, -0.2) is 51.9 Å². The van der Waals surface area contributed by atoms with Gasteiger partial charge in [0.25, 0.3) is 0 Å². The number of hydrogen-bond donors (Lipinski definition) is 2. The standard InChI is InChI=1S/C22H26O7/c1-25-17-11-15(12-18(26-2)21(17)23)7-5-9-29-10-6-8-16-13-19(27-3)22(24)20(14-16)28-4/h5-8,11-14,23-24H,9-10H2,1-4H3/b7-5+,8-6+. The van der Waals surface area contributed by atoms with Gasteiger partial charge in [-0.1, -0.05) is 24.3 Å². The molecule has 0 aromatic heterocycles. The summed E-state index contributed by atoms with van der Waals surface area (Å²) in [6.07, 6.45) is 7.41. The molecule has 2 N–H and O–H groups in total. The van der Waals surface area contributed by atoms with Gasteiger partial charge in [-0.05, 0) is 35.4 Å². The van der Waals surface area contributed by atoms with E-state index in [1.54, 1.807) is 24.3 Å². The van der Waals surface area contributed by atoms with Gasteiger partial charge >= 0.3 is 0 Å². The summed E-state index contributed by atoms with van der Waals surface area (Å²) in [5, 5.41) is 19.8. The molecule has 0 aliphatic heterocycles. The monoisotopic (exact) mass is 402 g/mol. The van der Waals surface area contributed by atoms with Crippen LogP contribution in [0.3, 0.4) is 0 Å². The van der Waals surface area contributed by atoms with Crippen molar-refractivity contribution in [3.8, 4) is 34.5 Å². The van der Waals surface area contributed by atoms with Gasteiger partial charge < -0.3 is 33.9 Å². The highest BCUT2D eigenvalue weighted by Gasteiger charge is 2.10. The molecule has 0 spiro atoms. The Labute approximate surface area is 170 Å². The minimum atomic E-state index is -0.0315. The van der Waals surface area contributed by atoms with Crippen LogP contribution < -0.4 is 18.9 Å². The highest BCUT2D eigenvalue weighted by molar-refractivity contribution is 5.62. The smallest absolute Gasteiger partial charge is 0.200 e. The zero-order valence-corrected chi connectivity index (χ0v) is 17.0. The molecule has 0 saturated heterocycles. The zero-order valence-electron chi connectivity index (χ0n) is 17.0. The average molecular weight is 402 g/mol. The lowest BCUT2D eigenvalue weighted by Crippen LogP contribution is -1.92. The quantitative estimate of drug-likeness (QED) is 0.583. The topological polar surface area (TPSA) is 86.6 Å². The SMILES string of the molecule is COc1cc(/C=C/COC/C=C/c2cc(OC)c(O)c(OC)c2)cc(OC)c1O. The first kappa shape index (κ1) is 22.0. The Morgan fingerprint density at radius 2 is 0.931 bits per heavy atom. The lowest BCUT2D eigenvalue weighted by atomic mass is 10.1. The Balaban J connectivity index is 1.90. The van der Waals surface area contributed by atoms with Crippen molar-refractivity contribution in [1.82, 2.24) is 0 Å². The minimum Gasteiger partial charge on any atom is -0.502 e. The number of aromatic hydroxyl groups is 2. The van der Waals surface area contributed by atoms with Crippen molar-refractivity contribution in [1.29, 1.82) is 0 Å². The van der Waals surface area contributed by atoms with Crippen LogP contribution in [0, 0.1) is 0 Å². The molecule has 0 unspecified atom stereocenters. The van der Waals surface area contributed by atoms with Crippen molar-refractivity contribution < 1.29 is 33.9 Å². The number of hydrogen-bond acceptors (Lipinski definition) is 7. The molecule has 0 atom stereocenters. The highest BCUT2D eigenvalue weighted by atomic mass is 16.5. The van der Waals surface area contributed by atoms with Crippen LogP contribution in [0.2, 0.25) is 0 Å².